The number of aromatic nitrogens is 1. The van der Waals surface area contributed by atoms with E-state index in [1.165, 1.54) is 12.3 Å². The number of nitrogens with zero attached hydrogens (tertiary/aromatic N) is 1. The fourth-order valence-electron chi connectivity index (χ4n) is 1.48. The average molecular weight is 291 g/mol. The summed E-state index contributed by atoms with van der Waals surface area (Å²) in [6, 6.07) is 10.2. The van der Waals surface area contributed by atoms with E-state index in [4.69, 9.17) is 26.3 Å². The number of carbonyl (C=O) groups excluding carboxylic acids is 1. The molecule has 0 atom stereocenters. The van der Waals surface area contributed by atoms with Crippen LogP contribution < -0.4 is 4.74 Å². The van der Waals surface area contributed by atoms with Crippen LogP contribution in [0.4, 0.5) is 0 Å². The van der Waals surface area contributed by atoms with Crippen molar-refractivity contribution < 1.29 is 14.3 Å². The fraction of sp³-hybridized carbons (Fsp3) is 0.143. The zero-order valence-electron chi connectivity index (χ0n) is 10.4. The van der Waals surface area contributed by atoms with Crippen molar-refractivity contribution in [1.29, 1.82) is 5.26 Å². The van der Waals surface area contributed by atoms with Gasteiger partial charge >= 0.3 is 5.97 Å². The molecular weight excluding hydrogens is 280 g/mol. The molecule has 0 aliphatic carbocycles. The average Bonchev–Trinajstić information content (AvgIpc) is 2.91. The molecule has 1 aromatic carbocycles. The second kappa shape index (κ2) is 6.64. The van der Waals surface area contributed by atoms with E-state index in [9.17, 15) is 4.79 Å². The molecule has 0 radical (unpaired) electrons. The highest BCUT2D eigenvalue weighted by molar-refractivity contribution is 6.30. The van der Waals surface area contributed by atoms with Gasteiger partial charge in [0.2, 0.25) is 0 Å². The lowest BCUT2D eigenvalue weighted by molar-refractivity contribution is 0.0444. The van der Waals surface area contributed by atoms with Gasteiger partial charge in [-0.3, -0.25) is 0 Å². The predicted octanol–water partition coefficient (Wildman–Crippen LogP) is 2.78. The Hall–Kier alpha value is -2.45. The highest BCUT2D eigenvalue weighted by Gasteiger charge is 2.09. The summed E-state index contributed by atoms with van der Waals surface area (Å²) in [7, 11) is 0. The Bertz CT molecular complexity index is 629. The first kappa shape index (κ1) is 14.0. The molecule has 0 aliphatic rings. The minimum atomic E-state index is -0.486. The Morgan fingerprint density at radius 1 is 1.30 bits per heavy atom. The maximum Gasteiger partial charge on any atom is 0.354 e. The first-order valence-electron chi connectivity index (χ1n) is 5.83. The zero-order valence-corrected chi connectivity index (χ0v) is 11.2. The summed E-state index contributed by atoms with van der Waals surface area (Å²) < 4.78 is 10.4. The van der Waals surface area contributed by atoms with Crippen LogP contribution >= 0.6 is 11.6 Å². The Morgan fingerprint density at radius 3 is 2.65 bits per heavy atom. The Morgan fingerprint density at radius 2 is 2.05 bits per heavy atom. The number of hydrogen-bond donors (Lipinski definition) is 1. The first-order chi connectivity index (χ1) is 9.69. The molecule has 0 aliphatic heterocycles. The Balaban J connectivity index is 1.73. The number of H-pyrrole nitrogens is 1. The summed E-state index contributed by atoms with van der Waals surface area (Å²) in [5.41, 5.74) is 0.862. The molecule has 1 heterocycles. The van der Waals surface area contributed by atoms with Crippen molar-refractivity contribution in [3.63, 3.8) is 0 Å². The summed E-state index contributed by atoms with van der Waals surface area (Å²) in [5.74, 6) is 0.128. The van der Waals surface area contributed by atoms with Gasteiger partial charge in [-0.15, -0.1) is 0 Å². The molecule has 2 rings (SSSR count). The SMILES string of the molecule is N#Cc1ccc(OCCOC(=O)c2cc(Cl)c[nH]2)cc1. The normalized spacial score (nSPS) is 9.80. The summed E-state index contributed by atoms with van der Waals surface area (Å²) >= 11 is 5.68. The third kappa shape index (κ3) is 3.77. The molecule has 1 aromatic heterocycles. The van der Waals surface area contributed by atoms with Gasteiger partial charge in [-0.2, -0.15) is 5.26 Å². The number of hydrogen-bond acceptors (Lipinski definition) is 4. The van der Waals surface area contributed by atoms with E-state index in [1.807, 2.05) is 6.07 Å². The van der Waals surface area contributed by atoms with E-state index in [1.54, 1.807) is 24.3 Å². The lowest BCUT2D eigenvalue weighted by atomic mass is 10.2. The smallest absolute Gasteiger partial charge is 0.354 e. The third-order valence-electron chi connectivity index (χ3n) is 2.44. The van der Waals surface area contributed by atoms with Crippen molar-refractivity contribution in [2.75, 3.05) is 13.2 Å². The molecule has 0 saturated heterocycles. The van der Waals surface area contributed by atoms with Crippen molar-refractivity contribution in [3.8, 4) is 11.8 Å². The first-order valence-corrected chi connectivity index (χ1v) is 6.21. The van der Waals surface area contributed by atoms with Crippen molar-refractivity contribution in [3.05, 3.63) is 52.8 Å². The summed E-state index contributed by atoms with van der Waals surface area (Å²) in [5, 5.41) is 9.10. The number of benzene rings is 1. The van der Waals surface area contributed by atoms with Crippen LogP contribution in [-0.2, 0) is 4.74 Å². The predicted molar refractivity (Wildman–Crippen MR) is 72.7 cm³/mol. The van der Waals surface area contributed by atoms with E-state index in [2.05, 4.69) is 4.98 Å². The van der Waals surface area contributed by atoms with Gasteiger partial charge in [0.15, 0.2) is 0 Å². The number of aromatic amines is 1. The molecule has 6 heteroatoms. The largest absolute Gasteiger partial charge is 0.490 e. The summed E-state index contributed by atoms with van der Waals surface area (Å²) in [6.07, 6.45) is 1.51. The van der Waals surface area contributed by atoms with E-state index >= 15 is 0 Å². The standard InChI is InChI=1S/C14H11ClN2O3/c15-11-7-13(17-9-11)14(18)20-6-5-19-12-3-1-10(8-16)2-4-12/h1-4,7,9,17H,5-6H2. The summed E-state index contributed by atoms with van der Waals surface area (Å²) in [6.45, 7) is 0.349. The maximum atomic E-state index is 11.5. The molecule has 1 N–H and O–H groups in total. The van der Waals surface area contributed by atoms with Gasteiger partial charge in [0.05, 0.1) is 16.7 Å². The maximum absolute atomic E-state index is 11.5. The van der Waals surface area contributed by atoms with E-state index in [0.717, 1.165) is 0 Å². The highest BCUT2D eigenvalue weighted by atomic mass is 35.5. The Kier molecular flexibility index (Phi) is 4.64. The van der Waals surface area contributed by atoms with Crippen LogP contribution in [0.5, 0.6) is 5.75 Å². The van der Waals surface area contributed by atoms with Crippen LogP contribution in [0.2, 0.25) is 5.02 Å². The number of carbonyl (C=O) groups is 1. The van der Waals surface area contributed by atoms with Gasteiger partial charge in [-0.1, -0.05) is 11.6 Å². The molecule has 102 valence electrons. The van der Waals surface area contributed by atoms with Crippen LogP contribution in [0.15, 0.2) is 36.5 Å². The quantitative estimate of drug-likeness (QED) is 0.678. The molecule has 0 saturated carbocycles. The third-order valence-corrected chi connectivity index (χ3v) is 2.65. The van der Waals surface area contributed by atoms with Gasteiger partial charge in [-0.05, 0) is 30.3 Å². The van der Waals surface area contributed by atoms with Crippen LogP contribution in [0.3, 0.4) is 0 Å². The van der Waals surface area contributed by atoms with Crippen molar-refractivity contribution in [2.45, 2.75) is 0 Å². The van der Waals surface area contributed by atoms with Crippen molar-refractivity contribution in [2.24, 2.45) is 0 Å². The molecule has 20 heavy (non-hydrogen) atoms. The second-order valence-electron chi connectivity index (χ2n) is 3.85. The molecular formula is C14H11ClN2O3. The number of rotatable bonds is 5. The second-order valence-corrected chi connectivity index (χ2v) is 4.29. The number of nitriles is 1. The molecule has 0 bridgehead atoms. The number of halogens is 1. The molecule has 0 unspecified atom stereocenters. The monoisotopic (exact) mass is 290 g/mol. The lowest BCUT2D eigenvalue weighted by Gasteiger charge is -2.06. The molecule has 0 amide bonds. The number of ether oxygens (including phenoxy) is 2. The van der Waals surface area contributed by atoms with E-state index in [0.29, 0.717) is 22.0 Å². The van der Waals surface area contributed by atoms with E-state index in [-0.39, 0.29) is 13.2 Å². The van der Waals surface area contributed by atoms with Crippen LogP contribution in [0.1, 0.15) is 16.1 Å². The molecule has 5 nitrogen and oxygen atoms in total. The highest BCUT2D eigenvalue weighted by Crippen LogP contribution is 2.12. The Labute approximate surface area is 120 Å². The van der Waals surface area contributed by atoms with Crippen LogP contribution in [0, 0.1) is 11.3 Å². The molecule has 0 fully saturated rings. The van der Waals surface area contributed by atoms with Gasteiger partial charge in [-0.25, -0.2) is 4.79 Å². The molecule has 0 spiro atoms. The van der Waals surface area contributed by atoms with Crippen LogP contribution in [-0.4, -0.2) is 24.2 Å². The number of nitrogens with one attached hydrogen (secondary N) is 1. The van der Waals surface area contributed by atoms with Gasteiger partial charge in [0.1, 0.15) is 24.7 Å². The minimum Gasteiger partial charge on any atom is -0.490 e. The lowest BCUT2D eigenvalue weighted by Crippen LogP contribution is -2.12. The minimum absolute atomic E-state index is 0.121. The summed E-state index contributed by atoms with van der Waals surface area (Å²) in [4.78, 5) is 14.2. The van der Waals surface area contributed by atoms with Gasteiger partial charge in [0.25, 0.3) is 0 Å². The van der Waals surface area contributed by atoms with Crippen molar-refractivity contribution in [1.82, 2.24) is 4.98 Å². The fourth-order valence-corrected chi connectivity index (χ4v) is 1.65. The van der Waals surface area contributed by atoms with Crippen LogP contribution in [0.25, 0.3) is 0 Å². The number of esters is 1. The van der Waals surface area contributed by atoms with Gasteiger partial charge < -0.3 is 14.5 Å². The molecule has 2 aromatic rings. The topological polar surface area (TPSA) is 75.1 Å². The van der Waals surface area contributed by atoms with Crippen molar-refractivity contribution >= 4 is 17.6 Å². The zero-order chi connectivity index (χ0) is 14.4. The van der Waals surface area contributed by atoms with E-state index < -0.39 is 5.97 Å². The van der Waals surface area contributed by atoms with Gasteiger partial charge in [0, 0.05) is 6.20 Å².